The fourth-order valence-electron chi connectivity index (χ4n) is 8.38. The summed E-state index contributed by atoms with van der Waals surface area (Å²) >= 11 is 0. The van der Waals surface area contributed by atoms with E-state index in [2.05, 4.69) is 44.5 Å². The van der Waals surface area contributed by atoms with Gasteiger partial charge in [0.2, 0.25) is 16.0 Å². The predicted molar refractivity (Wildman–Crippen MR) is 236 cm³/mol. The van der Waals surface area contributed by atoms with Gasteiger partial charge >= 0.3 is 0 Å². The van der Waals surface area contributed by atoms with E-state index in [4.69, 9.17) is 19.4 Å². The molecule has 0 spiro atoms. The van der Waals surface area contributed by atoms with E-state index >= 15 is 0 Å². The number of pyridine rings is 1. The first-order valence-electron chi connectivity index (χ1n) is 20.7. The number of methoxy groups -OCH3 is 1. The summed E-state index contributed by atoms with van der Waals surface area (Å²) in [6.45, 7) is 8.46. The van der Waals surface area contributed by atoms with Crippen molar-refractivity contribution in [2.75, 3.05) is 74.8 Å². The van der Waals surface area contributed by atoms with Crippen LogP contribution in [0.2, 0.25) is 0 Å². The summed E-state index contributed by atoms with van der Waals surface area (Å²) in [6, 6.07) is 20.3. The van der Waals surface area contributed by atoms with Crippen molar-refractivity contribution in [2.24, 2.45) is 0 Å². The van der Waals surface area contributed by atoms with Crippen LogP contribution in [0.15, 0.2) is 85.2 Å². The van der Waals surface area contributed by atoms with E-state index in [1.165, 1.54) is 12.3 Å². The molecule has 0 saturated carbocycles. The molecular formula is C45H49F2N9O5S. The van der Waals surface area contributed by atoms with Crippen molar-refractivity contribution in [2.45, 2.75) is 39.2 Å². The Morgan fingerprint density at radius 3 is 2.34 bits per heavy atom. The number of amides is 1. The van der Waals surface area contributed by atoms with Crippen LogP contribution >= 0.6 is 0 Å². The van der Waals surface area contributed by atoms with Crippen molar-refractivity contribution in [3.63, 3.8) is 0 Å². The van der Waals surface area contributed by atoms with Crippen LogP contribution in [0.25, 0.3) is 28.3 Å². The van der Waals surface area contributed by atoms with Crippen LogP contribution in [0, 0.1) is 11.6 Å². The molecule has 0 bridgehead atoms. The lowest BCUT2D eigenvalue weighted by Gasteiger charge is -2.43. The molecule has 2 fully saturated rings. The van der Waals surface area contributed by atoms with E-state index in [1.807, 2.05) is 28.8 Å². The molecule has 14 nitrogen and oxygen atoms in total. The van der Waals surface area contributed by atoms with Crippen molar-refractivity contribution >= 4 is 44.6 Å². The molecule has 0 radical (unpaired) electrons. The van der Waals surface area contributed by atoms with Gasteiger partial charge in [0.05, 0.1) is 48.3 Å². The Balaban J connectivity index is 1.06. The Hall–Kier alpha value is -6.17. The lowest BCUT2D eigenvalue weighted by Crippen LogP contribution is -2.54. The molecule has 0 atom stereocenters. The van der Waals surface area contributed by atoms with E-state index < -0.39 is 33.3 Å². The number of imidazole rings is 1. The van der Waals surface area contributed by atoms with E-state index in [0.29, 0.717) is 64.8 Å². The van der Waals surface area contributed by atoms with Crippen molar-refractivity contribution in [1.82, 2.24) is 28.6 Å². The number of aromatic nitrogens is 4. The summed E-state index contributed by atoms with van der Waals surface area (Å²) in [4.78, 5) is 33.0. The average Bonchev–Trinajstić information content (AvgIpc) is 3.67. The molecule has 3 aromatic heterocycles. The van der Waals surface area contributed by atoms with Crippen molar-refractivity contribution in [3.8, 4) is 34.1 Å². The zero-order valence-corrected chi connectivity index (χ0v) is 35.9. The second-order valence-electron chi connectivity index (χ2n) is 15.3. The van der Waals surface area contributed by atoms with Gasteiger partial charge in [-0.05, 0) is 86.3 Å². The standard InChI is InChI=1S/C45H49F2N9O5S/c1-5-29-27-36(39(60-3)28-37(29)54-20-16-31(17-21-54)53-22-24-55(25-23-53)62(4,58)59)50-45-48-18-15-35(49-45)43-41(51-40-12-7-8-19-56(40)43)30-13-14-38(61-6-2)32(26-30)44(57)52-42-33(46)10-9-11-34(42)47/h7-15,18-19,26-28,31H,5-6,16-17,20-25H2,1-4H3,(H,52,57)(H,48,49,50). The van der Waals surface area contributed by atoms with Gasteiger partial charge in [0.1, 0.15) is 34.5 Å². The number of nitrogens with zero attached hydrogens (tertiary/aromatic N) is 7. The highest BCUT2D eigenvalue weighted by atomic mass is 32.2. The largest absolute Gasteiger partial charge is 0.494 e. The topological polar surface area (TPSA) is 147 Å². The van der Waals surface area contributed by atoms with Gasteiger partial charge in [-0.1, -0.05) is 19.1 Å². The fraction of sp³-hybridized carbons (Fsp3) is 0.333. The monoisotopic (exact) mass is 865 g/mol. The summed E-state index contributed by atoms with van der Waals surface area (Å²) in [6.07, 6.45) is 7.55. The minimum atomic E-state index is -3.17. The number of piperazine rings is 1. The van der Waals surface area contributed by atoms with Crippen LogP contribution in [0.3, 0.4) is 0 Å². The number of fused-ring (bicyclic) bond motifs is 1. The number of carbonyl (C=O) groups excluding carboxylic acids is 1. The Morgan fingerprint density at radius 2 is 1.65 bits per heavy atom. The quantitative estimate of drug-likeness (QED) is 0.121. The van der Waals surface area contributed by atoms with Gasteiger partial charge in [-0.25, -0.2) is 32.2 Å². The SMILES string of the molecule is CCOc1ccc(-c2nc3ccccn3c2-c2ccnc(Nc3cc(CC)c(N4CCC(N5CCN(S(C)(=O)=O)CC5)CC4)cc3OC)n2)cc1C(=O)Nc1c(F)cccc1F. The highest BCUT2D eigenvalue weighted by molar-refractivity contribution is 7.88. The number of piperidine rings is 1. The minimum Gasteiger partial charge on any atom is -0.494 e. The van der Waals surface area contributed by atoms with Gasteiger partial charge in [0.25, 0.3) is 5.91 Å². The molecule has 3 aromatic carbocycles. The number of aryl methyl sites for hydroxylation is 1. The minimum absolute atomic E-state index is 0.0664. The van der Waals surface area contributed by atoms with Crippen molar-refractivity contribution < 1.29 is 31.5 Å². The van der Waals surface area contributed by atoms with Crippen LogP contribution < -0.4 is 25.0 Å². The van der Waals surface area contributed by atoms with Crippen LogP contribution in [-0.4, -0.2) is 108 Å². The van der Waals surface area contributed by atoms with E-state index in [9.17, 15) is 22.0 Å². The second-order valence-corrected chi connectivity index (χ2v) is 17.3. The Kier molecular flexibility index (Phi) is 12.4. The fourth-order valence-corrected chi connectivity index (χ4v) is 9.20. The van der Waals surface area contributed by atoms with Gasteiger partial charge in [0.15, 0.2) is 0 Å². The van der Waals surface area contributed by atoms with Crippen LogP contribution in [-0.2, 0) is 16.4 Å². The number of rotatable bonds is 13. The van der Waals surface area contributed by atoms with E-state index in [-0.39, 0.29) is 17.9 Å². The number of sulfonamides is 1. The summed E-state index contributed by atoms with van der Waals surface area (Å²) < 4.78 is 68.4. The third kappa shape index (κ3) is 8.78. The maximum atomic E-state index is 14.6. The Bertz CT molecular complexity index is 2700. The average molecular weight is 866 g/mol. The molecular weight excluding hydrogens is 817 g/mol. The molecule has 2 aliphatic heterocycles. The van der Waals surface area contributed by atoms with Gasteiger partial charge in [-0.3, -0.25) is 14.1 Å². The highest BCUT2D eigenvalue weighted by Crippen LogP contribution is 2.39. The number of hydrogen-bond donors (Lipinski definition) is 2. The number of hydrogen-bond acceptors (Lipinski definition) is 11. The molecule has 5 heterocycles. The summed E-state index contributed by atoms with van der Waals surface area (Å²) in [5.41, 5.74) is 5.31. The zero-order valence-electron chi connectivity index (χ0n) is 35.1. The molecule has 2 saturated heterocycles. The molecule has 1 amide bonds. The van der Waals surface area contributed by atoms with Crippen LogP contribution in [0.4, 0.5) is 31.8 Å². The summed E-state index contributed by atoms with van der Waals surface area (Å²) in [5, 5.41) is 5.78. The molecule has 324 valence electrons. The number of carbonyl (C=O) groups is 1. The number of ether oxygens (including phenoxy) is 2. The van der Waals surface area contributed by atoms with Crippen molar-refractivity contribution in [1.29, 1.82) is 0 Å². The number of halogens is 2. The van der Waals surface area contributed by atoms with E-state index in [0.717, 1.165) is 68.8 Å². The molecule has 2 N–H and O–H groups in total. The third-order valence-electron chi connectivity index (χ3n) is 11.5. The normalized spacial score (nSPS) is 15.5. The first-order valence-corrected chi connectivity index (χ1v) is 22.6. The predicted octanol–water partition coefficient (Wildman–Crippen LogP) is 7.25. The molecule has 0 unspecified atom stereocenters. The maximum absolute atomic E-state index is 14.6. The first kappa shape index (κ1) is 42.5. The lowest BCUT2D eigenvalue weighted by atomic mass is 9.99. The lowest BCUT2D eigenvalue weighted by molar-refractivity contribution is 0.102. The Labute approximate surface area is 359 Å². The zero-order chi connectivity index (χ0) is 43.5. The highest BCUT2D eigenvalue weighted by Gasteiger charge is 2.31. The van der Waals surface area contributed by atoms with Gasteiger partial charge in [0, 0.05) is 75.0 Å². The van der Waals surface area contributed by atoms with E-state index in [1.54, 1.807) is 48.8 Å². The van der Waals surface area contributed by atoms with Gasteiger partial charge in [-0.15, -0.1) is 0 Å². The Morgan fingerprint density at radius 1 is 0.887 bits per heavy atom. The molecule has 17 heteroatoms. The third-order valence-corrected chi connectivity index (χ3v) is 12.8. The van der Waals surface area contributed by atoms with Crippen molar-refractivity contribution in [3.05, 3.63) is 108 Å². The summed E-state index contributed by atoms with van der Waals surface area (Å²) in [5.74, 6) is -1.36. The number of nitrogens with one attached hydrogen (secondary N) is 2. The second kappa shape index (κ2) is 18.0. The number of benzene rings is 3. The van der Waals surface area contributed by atoms with Gasteiger partial charge in [-0.2, -0.15) is 4.31 Å². The van der Waals surface area contributed by atoms with Crippen LogP contribution in [0.1, 0.15) is 42.6 Å². The number of anilines is 4. The first-order chi connectivity index (χ1) is 29.9. The molecule has 0 aliphatic carbocycles. The smallest absolute Gasteiger partial charge is 0.259 e. The molecule has 6 aromatic rings. The van der Waals surface area contributed by atoms with Crippen LogP contribution in [0.5, 0.6) is 11.5 Å². The maximum Gasteiger partial charge on any atom is 0.259 e. The molecule has 8 rings (SSSR count). The molecule has 2 aliphatic rings. The number of para-hydroxylation sites is 1. The molecule has 62 heavy (non-hydrogen) atoms. The summed E-state index contributed by atoms with van der Waals surface area (Å²) in [7, 11) is -1.54. The van der Waals surface area contributed by atoms with Gasteiger partial charge < -0.3 is 25.0 Å².